The standard InChI is InChI=1S/C25H22BrN3O2/c26-22-13-11-21(12-14-22)25-27-23(31-28-25)15-16-24(30)29(17-19-7-3-1-4-8-19)18-20-9-5-2-6-10-20/h1-14H,15-18H2. The summed E-state index contributed by atoms with van der Waals surface area (Å²) in [5.41, 5.74) is 3.07. The Hall–Kier alpha value is -3.25. The normalized spacial score (nSPS) is 10.7. The number of nitrogens with zero attached hydrogens (tertiary/aromatic N) is 3. The van der Waals surface area contributed by atoms with Crippen LogP contribution in [-0.4, -0.2) is 20.9 Å². The maximum Gasteiger partial charge on any atom is 0.227 e. The Morgan fingerprint density at radius 1 is 0.839 bits per heavy atom. The van der Waals surface area contributed by atoms with E-state index in [2.05, 4.69) is 26.1 Å². The number of aryl methyl sites for hydroxylation is 1. The number of amides is 1. The van der Waals surface area contributed by atoms with Crippen LogP contribution in [0.5, 0.6) is 0 Å². The Morgan fingerprint density at radius 3 is 2.00 bits per heavy atom. The van der Waals surface area contributed by atoms with Crippen LogP contribution in [0, 0.1) is 0 Å². The van der Waals surface area contributed by atoms with Crippen molar-refractivity contribution in [2.45, 2.75) is 25.9 Å². The van der Waals surface area contributed by atoms with E-state index in [1.165, 1.54) is 0 Å². The van der Waals surface area contributed by atoms with Gasteiger partial charge in [-0.3, -0.25) is 4.79 Å². The lowest BCUT2D eigenvalue weighted by atomic mass is 10.1. The van der Waals surface area contributed by atoms with Gasteiger partial charge in [0.2, 0.25) is 17.6 Å². The van der Waals surface area contributed by atoms with Crippen LogP contribution in [0.2, 0.25) is 0 Å². The molecule has 0 spiro atoms. The fourth-order valence-corrected chi connectivity index (χ4v) is 3.55. The van der Waals surface area contributed by atoms with E-state index in [1.54, 1.807) is 0 Å². The van der Waals surface area contributed by atoms with E-state index >= 15 is 0 Å². The van der Waals surface area contributed by atoms with Crippen molar-refractivity contribution < 1.29 is 9.32 Å². The van der Waals surface area contributed by atoms with Gasteiger partial charge in [0.1, 0.15) is 0 Å². The lowest BCUT2D eigenvalue weighted by molar-refractivity contribution is -0.132. The van der Waals surface area contributed by atoms with Gasteiger partial charge >= 0.3 is 0 Å². The molecule has 4 aromatic rings. The largest absolute Gasteiger partial charge is 0.339 e. The van der Waals surface area contributed by atoms with Crippen LogP contribution in [0.3, 0.4) is 0 Å². The van der Waals surface area contributed by atoms with E-state index in [-0.39, 0.29) is 5.91 Å². The monoisotopic (exact) mass is 475 g/mol. The second kappa shape index (κ2) is 10.2. The molecule has 5 nitrogen and oxygen atoms in total. The third-order valence-corrected chi connectivity index (χ3v) is 5.44. The molecular weight excluding hydrogens is 454 g/mol. The number of carbonyl (C=O) groups is 1. The maximum absolute atomic E-state index is 13.1. The van der Waals surface area contributed by atoms with Gasteiger partial charge < -0.3 is 9.42 Å². The van der Waals surface area contributed by atoms with E-state index in [9.17, 15) is 4.79 Å². The highest BCUT2D eigenvalue weighted by molar-refractivity contribution is 9.10. The molecule has 0 saturated carbocycles. The Labute approximate surface area is 189 Å². The third kappa shape index (κ3) is 5.89. The van der Waals surface area contributed by atoms with Crippen molar-refractivity contribution in [1.29, 1.82) is 0 Å². The average molecular weight is 476 g/mol. The van der Waals surface area contributed by atoms with Crippen molar-refractivity contribution in [1.82, 2.24) is 15.0 Å². The Kier molecular flexibility index (Phi) is 6.89. The van der Waals surface area contributed by atoms with E-state index in [0.29, 0.717) is 37.6 Å². The fraction of sp³-hybridized carbons (Fsp3) is 0.160. The molecule has 31 heavy (non-hydrogen) atoms. The number of benzene rings is 3. The molecule has 0 aliphatic carbocycles. The predicted molar refractivity (Wildman–Crippen MR) is 123 cm³/mol. The Morgan fingerprint density at radius 2 is 1.42 bits per heavy atom. The second-order valence-corrected chi connectivity index (χ2v) is 8.16. The predicted octanol–water partition coefficient (Wildman–Crippen LogP) is 5.66. The summed E-state index contributed by atoms with van der Waals surface area (Å²) >= 11 is 3.42. The minimum Gasteiger partial charge on any atom is -0.339 e. The van der Waals surface area contributed by atoms with E-state index in [0.717, 1.165) is 21.2 Å². The van der Waals surface area contributed by atoms with Crippen LogP contribution >= 0.6 is 15.9 Å². The Bertz CT molecular complexity index is 1070. The van der Waals surface area contributed by atoms with Gasteiger partial charge in [0.25, 0.3) is 0 Å². The first-order valence-electron chi connectivity index (χ1n) is 10.1. The van der Waals surface area contributed by atoms with Gasteiger partial charge in [-0.2, -0.15) is 4.98 Å². The first-order chi connectivity index (χ1) is 15.2. The number of halogens is 1. The van der Waals surface area contributed by atoms with Crippen LogP contribution in [0.1, 0.15) is 23.4 Å². The summed E-state index contributed by atoms with van der Waals surface area (Å²) in [6, 6.07) is 27.8. The molecule has 0 bridgehead atoms. The summed E-state index contributed by atoms with van der Waals surface area (Å²) < 4.78 is 6.36. The van der Waals surface area contributed by atoms with Crippen molar-refractivity contribution in [2.24, 2.45) is 0 Å². The summed E-state index contributed by atoms with van der Waals surface area (Å²) in [5, 5.41) is 4.05. The molecule has 0 radical (unpaired) electrons. The van der Waals surface area contributed by atoms with Crippen molar-refractivity contribution >= 4 is 21.8 Å². The maximum atomic E-state index is 13.1. The molecule has 0 aliphatic heterocycles. The first kappa shape index (κ1) is 21.0. The molecule has 0 N–H and O–H groups in total. The smallest absolute Gasteiger partial charge is 0.227 e. The summed E-state index contributed by atoms with van der Waals surface area (Å²) in [6.07, 6.45) is 0.712. The molecule has 1 amide bonds. The van der Waals surface area contributed by atoms with Gasteiger partial charge in [0.05, 0.1) is 0 Å². The molecule has 3 aromatic carbocycles. The minimum absolute atomic E-state index is 0.0519. The fourth-order valence-electron chi connectivity index (χ4n) is 3.28. The summed E-state index contributed by atoms with van der Waals surface area (Å²) in [7, 11) is 0. The van der Waals surface area contributed by atoms with Crippen LogP contribution in [0.25, 0.3) is 11.4 Å². The average Bonchev–Trinajstić information content (AvgIpc) is 3.28. The van der Waals surface area contributed by atoms with Gasteiger partial charge in [-0.1, -0.05) is 81.8 Å². The van der Waals surface area contributed by atoms with Gasteiger partial charge in [0.15, 0.2) is 0 Å². The van der Waals surface area contributed by atoms with Gasteiger partial charge in [-0.05, 0) is 35.4 Å². The molecule has 6 heteroatoms. The van der Waals surface area contributed by atoms with Crippen LogP contribution in [0.4, 0.5) is 0 Å². The number of rotatable bonds is 8. The lowest BCUT2D eigenvalue weighted by Crippen LogP contribution is -2.30. The Balaban J connectivity index is 1.42. The van der Waals surface area contributed by atoms with Crippen LogP contribution in [0.15, 0.2) is 93.9 Å². The van der Waals surface area contributed by atoms with Crippen LogP contribution < -0.4 is 0 Å². The number of hydrogen-bond donors (Lipinski definition) is 0. The molecule has 0 unspecified atom stereocenters. The molecule has 4 rings (SSSR count). The molecule has 1 aromatic heterocycles. The molecule has 0 saturated heterocycles. The highest BCUT2D eigenvalue weighted by Gasteiger charge is 2.17. The van der Waals surface area contributed by atoms with Crippen molar-refractivity contribution in [3.63, 3.8) is 0 Å². The molecule has 0 atom stereocenters. The zero-order valence-electron chi connectivity index (χ0n) is 16.9. The topological polar surface area (TPSA) is 59.2 Å². The van der Waals surface area contributed by atoms with E-state index in [4.69, 9.17) is 4.52 Å². The first-order valence-corrected chi connectivity index (χ1v) is 10.9. The lowest BCUT2D eigenvalue weighted by Gasteiger charge is -2.23. The van der Waals surface area contributed by atoms with E-state index in [1.807, 2.05) is 89.8 Å². The molecule has 156 valence electrons. The molecule has 1 heterocycles. The number of aromatic nitrogens is 2. The SMILES string of the molecule is O=C(CCc1nc(-c2ccc(Br)cc2)no1)N(Cc1ccccc1)Cc1ccccc1. The van der Waals surface area contributed by atoms with Crippen molar-refractivity contribution in [3.05, 3.63) is 106 Å². The second-order valence-electron chi connectivity index (χ2n) is 7.24. The minimum atomic E-state index is 0.0519. The summed E-state index contributed by atoms with van der Waals surface area (Å²) in [6.45, 7) is 1.12. The zero-order chi connectivity index (χ0) is 21.5. The molecular formula is C25H22BrN3O2. The van der Waals surface area contributed by atoms with Gasteiger partial charge in [-0.15, -0.1) is 0 Å². The summed E-state index contributed by atoms with van der Waals surface area (Å²) in [4.78, 5) is 19.4. The quantitative estimate of drug-likeness (QED) is 0.329. The zero-order valence-corrected chi connectivity index (χ0v) is 18.5. The molecule has 0 aliphatic rings. The third-order valence-electron chi connectivity index (χ3n) is 4.91. The van der Waals surface area contributed by atoms with Gasteiger partial charge in [-0.25, -0.2) is 0 Å². The molecule has 0 fully saturated rings. The van der Waals surface area contributed by atoms with Crippen LogP contribution in [-0.2, 0) is 24.3 Å². The highest BCUT2D eigenvalue weighted by atomic mass is 79.9. The van der Waals surface area contributed by atoms with Gasteiger partial charge in [0, 0.05) is 36.0 Å². The number of hydrogen-bond acceptors (Lipinski definition) is 4. The van der Waals surface area contributed by atoms with E-state index < -0.39 is 0 Å². The van der Waals surface area contributed by atoms with Crippen molar-refractivity contribution in [3.8, 4) is 11.4 Å². The highest BCUT2D eigenvalue weighted by Crippen LogP contribution is 2.20. The van der Waals surface area contributed by atoms with Crippen molar-refractivity contribution in [2.75, 3.05) is 0 Å². The summed E-state index contributed by atoms with van der Waals surface area (Å²) in [5.74, 6) is 1.04. The number of carbonyl (C=O) groups excluding carboxylic acids is 1.